The van der Waals surface area contributed by atoms with Crippen molar-refractivity contribution in [1.29, 1.82) is 0 Å². The molecule has 2 aromatic heterocycles. The number of anilines is 1. The van der Waals surface area contributed by atoms with Gasteiger partial charge in [-0.15, -0.1) is 5.10 Å². The Bertz CT molecular complexity index is 1660. The molecule has 0 bridgehead atoms. The van der Waals surface area contributed by atoms with Crippen molar-refractivity contribution >= 4 is 32.2 Å². The number of benzene rings is 3. The van der Waals surface area contributed by atoms with E-state index in [2.05, 4.69) is 20.6 Å². The molecule has 0 aliphatic heterocycles. The summed E-state index contributed by atoms with van der Waals surface area (Å²) in [6.07, 6.45) is 0.688. The number of aryl methyl sites for hydroxylation is 1. The lowest BCUT2D eigenvalue weighted by atomic mass is 10.1. The number of para-hydroxylation sites is 1. The highest BCUT2D eigenvalue weighted by atomic mass is 32.2. The molecule has 0 amide bonds. The van der Waals surface area contributed by atoms with E-state index < -0.39 is 9.84 Å². The van der Waals surface area contributed by atoms with E-state index in [0.717, 1.165) is 16.5 Å². The van der Waals surface area contributed by atoms with Crippen molar-refractivity contribution in [3.8, 4) is 11.5 Å². The zero-order valence-electron chi connectivity index (χ0n) is 20.1. The molecule has 184 valence electrons. The van der Waals surface area contributed by atoms with Crippen LogP contribution in [0.1, 0.15) is 11.1 Å². The lowest BCUT2D eigenvalue weighted by Crippen LogP contribution is -2.09. The summed E-state index contributed by atoms with van der Waals surface area (Å²) < 4.78 is 38.9. The summed E-state index contributed by atoms with van der Waals surface area (Å²) in [7, 11) is -0.707. The maximum atomic E-state index is 13.4. The molecule has 5 aromatic rings. The molecule has 0 atom stereocenters. The Morgan fingerprint density at radius 3 is 2.44 bits per heavy atom. The van der Waals surface area contributed by atoms with Gasteiger partial charge in [-0.2, -0.15) is 4.52 Å². The number of hydrogen-bond donors (Lipinski definition) is 1. The Morgan fingerprint density at radius 2 is 1.69 bits per heavy atom. The zero-order valence-corrected chi connectivity index (χ0v) is 20.9. The number of hydrogen-bond acceptors (Lipinski definition) is 8. The average Bonchev–Trinajstić information content (AvgIpc) is 3.34. The molecule has 9 nitrogen and oxygen atoms in total. The number of rotatable bonds is 8. The van der Waals surface area contributed by atoms with E-state index in [4.69, 9.17) is 9.47 Å². The third-order valence-corrected chi connectivity index (χ3v) is 7.63. The first-order chi connectivity index (χ1) is 17.4. The van der Waals surface area contributed by atoms with Gasteiger partial charge in [-0.05, 0) is 55.3 Å². The quantitative estimate of drug-likeness (QED) is 0.337. The molecule has 5 rings (SSSR count). The summed E-state index contributed by atoms with van der Waals surface area (Å²) in [5, 5.41) is 12.2. The summed E-state index contributed by atoms with van der Waals surface area (Å²) in [6.45, 7) is 2.46. The minimum atomic E-state index is -3.91. The number of fused-ring (bicyclic) bond motifs is 3. The van der Waals surface area contributed by atoms with Crippen molar-refractivity contribution in [2.24, 2.45) is 0 Å². The smallest absolute Gasteiger partial charge is 0.229 e. The van der Waals surface area contributed by atoms with Crippen LogP contribution in [0.4, 0.5) is 5.82 Å². The fraction of sp³-hybridized carbons (Fsp3) is 0.192. The van der Waals surface area contributed by atoms with Crippen LogP contribution in [-0.2, 0) is 16.3 Å². The van der Waals surface area contributed by atoms with Crippen molar-refractivity contribution in [3.05, 3.63) is 77.9 Å². The van der Waals surface area contributed by atoms with Gasteiger partial charge < -0.3 is 14.8 Å². The van der Waals surface area contributed by atoms with Gasteiger partial charge >= 0.3 is 0 Å². The molecule has 10 heteroatoms. The number of aromatic nitrogens is 4. The summed E-state index contributed by atoms with van der Waals surface area (Å²) in [5.41, 5.74) is 2.89. The van der Waals surface area contributed by atoms with Crippen LogP contribution < -0.4 is 14.8 Å². The second-order valence-corrected chi connectivity index (χ2v) is 10.2. The standard InChI is InChI=1S/C26H25N5O4S/c1-17-8-11-19(12-9-17)36(32,33)26-25-28-24(20-6-4-5-7-21(20)31(25)30-29-26)27-15-14-18-10-13-22(34-2)23(16-18)35-3/h4-13,16H,14-15H2,1-3H3,(H,27,28). The molecule has 2 heterocycles. The predicted octanol–water partition coefficient (Wildman–Crippen LogP) is 4.09. The Labute approximate surface area is 208 Å². The van der Waals surface area contributed by atoms with Crippen molar-refractivity contribution in [2.45, 2.75) is 23.3 Å². The lowest BCUT2D eigenvalue weighted by Gasteiger charge is -2.12. The Hall–Kier alpha value is -4.18. The van der Waals surface area contributed by atoms with Gasteiger partial charge in [-0.3, -0.25) is 0 Å². The maximum absolute atomic E-state index is 13.4. The molecule has 0 spiro atoms. The van der Waals surface area contributed by atoms with Crippen LogP contribution in [0.3, 0.4) is 0 Å². The minimum absolute atomic E-state index is 0.147. The fourth-order valence-electron chi connectivity index (χ4n) is 4.04. The van der Waals surface area contributed by atoms with E-state index in [9.17, 15) is 8.42 Å². The predicted molar refractivity (Wildman–Crippen MR) is 137 cm³/mol. The van der Waals surface area contributed by atoms with Crippen LogP contribution in [0.25, 0.3) is 16.6 Å². The number of ether oxygens (including phenoxy) is 2. The number of nitrogens with zero attached hydrogens (tertiary/aromatic N) is 4. The normalized spacial score (nSPS) is 11.6. The van der Waals surface area contributed by atoms with Crippen molar-refractivity contribution in [2.75, 3.05) is 26.1 Å². The van der Waals surface area contributed by atoms with Gasteiger partial charge in [0.05, 0.1) is 24.6 Å². The number of nitrogens with one attached hydrogen (secondary N) is 1. The lowest BCUT2D eigenvalue weighted by molar-refractivity contribution is 0.354. The molecule has 0 unspecified atom stereocenters. The van der Waals surface area contributed by atoms with Crippen molar-refractivity contribution < 1.29 is 17.9 Å². The van der Waals surface area contributed by atoms with Crippen LogP contribution in [0.5, 0.6) is 11.5 Å². The summed E-state index contributed by atoms with van der Waals surface area (Å²) in [4.78, 5) is 4.81. The topological polar surface area (TPSA) is 108 Å². The third-order valence-electron chi connectivity index (χ3n) is 5.96. The monoisotopic (exact) mass is 503 g/mol. The molecule has 0 saturated heterocycles. The van der Waals surface area contributed by atoms with Crippen LogP contribution in [0.15, 0.2) is 76.7 Å². The second-order valence-electron chi connectivity index (χ2n) is 8.29. The van der Waals surface area contributed by atoms with E-state index in [0.29, 0.717) is 35.8 Å². The summed E-state index contributed by atoms with van der Waals surface area (Å²) in [6, 6.07) is 20.0. The SMILES string of the molecule is COc1ccc(CCNc2nc3c(S(=O)(=O)c4ccc(C)cc4)nnn3c3ccccc23)cc1OC. The molecule has 1 N–H and O–H groups in total. The first-order valence-corrected chi connectivity index (χ1v) is 12.8. The van der Waals surface area contributed by atoms with E-state index >= 15 is 0 Å². The number of methoxy groups -OCH3 is 2. The van der Waals surface area contributed by atoms with E-state index in [-0.39, 0.29) is 15.6 Å². The molecule has 36 heavy (non-hydrogen) atoms. The second kappa shape index (κ2) is 9.46. The van der Waals surface area contributed by atoms with Crippen LogP contribution in [0.2, 0.25) is 0 Å². The highest BCUT2D eigenvalue weighted by molar-refractivity contribution is 7.91. The van der Waals surface area contributed by atoms with Crippen LogP contribution >= 0.6 is 0 Å². The van der Waals surface area contributed by atoms with E-state index in [1.54, 1.807) is 38.5 Å². The summed E-state index contributed by atoms with van der Waals surface area (Å²) in [5.74, 6) is 1.89. The Balaban J connectivity index is 1.51. The molecule has 0 saturated carbocycles. The molecule has 0 fully saturated rings. The first kappa shape index (κ1) is 23.6. The summed E-state index contributed by atoms with van der Waals surface area (Å²) >= 11 is 0. The zero-order chi connectivity index (χ0) is 25.3. The number of sulfone groups is 1. The molecular formula is C26H25N5O4S. The van der Waals surface area contributed by atoms with Gasteiger partial charge in [-0.1, -0.05) is 41.1 Å². The molecule has 3 aromatic carbocycles. The fourth-order valence-corrected chi connectivity index (χ4v) is 5.28. The van der Waals surface area contributed by atoms with Gasteiger partial charge in [0.1, 0.15) is 5.82 Å². The van der Waals surface area contributed by atoms with Crippen molar-refractivity contribution in [3.63, 3.8) is 0 Å². The third kappa shape index (κ3) is 4.20. The van der Waals surface area contributed by atoms with Gasteiger partial charge in [0, 0.05) is 11.9 Å². The largest absolute Gasteiger partial charge is 0.493 e. The first-order valence-electron chi connectivity index (χ1n) is 11.3. The molecular weight excluding hydrogens is 478 g/mol. The molecule has 0 radical (unpaired) electrons. The average molecular weight is 504 g/mol. The van der Waals surface area contributed by atoms with Gasteiger partial charge in [-0.25, -0.2) is 13.4 Å². The van der Waals surface area contributed by atoms with Crippen LogP contribution in [-0.4, -0.2) is 49.0 Å². The van der Waals surface area contributed by atoms with Crippen molar-refractivity contribution in [1.82, 2.24) is 19.8 Å². The van der Waals surface area contributed by atoms with Crippen LogP contribution in [0, 0.1) is 6.92 Å². The highest BCUT2D eigenvalue weighted by Crippen LogP contribution is 2.29. The maximum Gasteiger partial charge on any atom is 0.229 e. The van der Waals surface area contributed by atoms with Gasteiger partial charge in [0.2, 0.25) is 14.9 Å². The van der Waals surface area contributed by atoms with E-state index in [1.807, 2.05) is 49.4 Å². The van der Waals surface area contributed by atoms with Gasteiger partial charge in [0.25, 0.3) is 0 Å². The molecule has 0 aliphatic carbocycles. The van der Waals surface area contributed by atoms with Gasteiger partial charge in [0.15, 0.2) is 17.1 Å². The highest BCUT2D eigenvalue weighted by Gasteiger charge is 2.27. The Kier molecular flexibility index (Phi) is 6.19. The Morgan fingerprint density at radius 1 is 0.944 bits per heavy atom. The van der Waals surface area contributed by atoms with E-state index in [1.165, 1.54) is 4.52 Å². The minimum Gasteiger partial charge on any atom is -0.493 e. The molecule has 0 aliphatic rings.